The van der Waals surface area contributed by atoms with Crippen LogP contribution in [0.3, 0.4) is 0 Å². The molecule has 0 fully saturated rings. The van der Waals surface area contributed by atoms with E-state index in [1.54, 1.807) is 6.07 Å². The van der Waals surface area contributed by atoms with E-state index in [4.69, 9.17) is 34.4 Å². The van der Waals surface area contributed by atoms with Gasteiger partial charge in [-0.2, -0.15) is 0 Å². The molecular weight excluding hydrogens is 513 g/mol. The first-order valence-electron chi connectivity index (χ1n) is 7.47. The van der Waals surface area contributed by atoms with Crippen LogP contribution in [0.2, 0.25) is 0 Å². The van der Waals surface area contributed by atoms with E-state index < -0.39 is 0 Å². The van der Waals surface area contributed by atoms with Gasteiger partial charge in [-0.25, -0.2) is 0 Å². The van der Waals surface area contributed by atoms with Crippen LogP contribution >= 0.6 is 74.4 Å². The number of hydrogen-bond acceptors (Lipinski definition) is 6. The van der Waals surface area contributed by atoms with Gasteiger partial charge in [-0.1, -0.05) is 30.3 Å². The van der Waals surface area contributed by atoms with Gasteiger partial charge in [0.25, 0.3) is 0 Å². The molecule has 4 rings (SSSR count). The van der Waals surface area contributed by atoms with Crippen LogP contribution in [0.25, 0.3) is 32.3 Å². The molecule has 0 atom stereocenters. The van der Waals surface area contributed by atoms with Crippen molar-refractivity contribution in [1.29, 1.82) is 0 Å². The minimum Gasteiger partial charge on any atom is -0.397 e. The third-order valence-electron chi connectivity index (χ3n) is 4.67. The van der Waals surface area contributed by atoms with E-state index in [-0.39, 0.29) is 85.8 Å². The first-order valence-corrected chi connectivity index (χ1v) is 7.47. The monoisotopic (exact) mass is 534 g/mol. The van der Waals surface area contributed by atoms with Gasteiger partial charge in [-0.15, -0.1) is 74.4 Å². The molecule has 0 saturated carbocycles. The van der Waals surface area contributed by atoms with Crippen LogP contribution in [0, 0.1) is 0 Å². The van der Waals surface area contributed by atoms with Crippen molar-refractivity contribution in [1.82, 2.24) is 0 Å². The molecule has 0 aromatic heterocycles. The molecule has 30 heavy (non-hydrogen) atoms. The third kappa shape index (κ3) is 4.30. The first kappa shape index (κ1) is 32.9. The SMILES string of the molecule is Cl.Cl.Cl.Cl.Cl.Cl.Nc1ccc2c3ccccc3c3c(N)c(N)c(N)c(N)c3c2c1N. The number of rotatable bonds is 0. The third-order valence-corrected chi connectivity index (χ3v) is 4.67. The molecule has 0 bridgehead atoms. The fourth-order valence-corrected chi connectivity index (χ4v) is 3.43. The summed E-state index contributed by atoms with van der Waals surface area (Å²) >= 11 is 0. The minimum absolute atomic E-state index is 0. The lowest BCUT2D eigenvalue weighted by Crippen LogP contribution is -2.06. The number of halogens is 6. The molecule has 0 aliphatic heterocycles. The lowest BCUT2D eigenvalue weighted by Gasteiger charge is -2.19. The van der Waals surface area contributed by atoms with Gasteiger partial charge in [0, 0.05) is 16.2 Å². The standard InChI is InChI=1S/C18H18N6.6ClH/c19-10-6-5-9-7-3-1-2-4-8(7)12-13(11(9)14(10)20)16(22)18(24)17(23)15(12)21;;;;;;/h1-6H,19-24H2;6*1H. The second-order valence-corrected chi connectivity index (χ2v) is 5.94. The van der Waals surface area contributed by atoms with E-state index in [1.165, 1.54) is 0 Å². The molecule has 6 nitrogen and oxygen atoms in total. The van der Waals surface area contributed by atoms with Crippen molar-refractivity contribution in [3.05, 3.63) is 36.4 Å². The summed E-state index contributed by atoms with van der Waals surface area (Å²) in [4.78, 5) is 0. The van der Waals surface area contributed by atoms with Crippen LogP contribution in [0.5, 0.6) is 0 Å². The van der Waals surface area contributed by atoms with Crippen LogP contribution in [0.15, 0.2) is 36.4 Å². The zero-order valence-electron chi connectivity index (χ0n) is 15.4. The van der Waals surface area contributed by atoms with Gasteiger partial charge in [0.15, 0.2) is 0 Å². The van der Waals surface area contributed by atoms with Crippen molar-refractivity contribution in [2.75, 3.05) is 34.4 Å². The molecule has 0 heterocycles. The molecule has 0 amide bonds. The van der Waals surface area contributed by atoms with Crippen molar-refractivity contribution >= 4 is 141 Å². The Morgan fingerprint density at radius 1 is 0.367 bits per heavy atom. The lowest BCUT2D eigenvalue weighted by atomic mass is 9.90. The van der Waals surface area contributed by atoms with Crippen LogP contribution in [0.4, 0.5) is 34.1 Å². The highest BCUT2D eigenvalue weighted by atomic mass is 35.5. The molecule has 0 unspecified atom stereocenters. The van der Waals surface area contributed by atoms with Crippen molar-refractivity contribution in [2.45, 2.75) is 0 Å². The van der Waals surface area contributed by atoms with Gasteiger partial charge in [0.05, 0.1) is 34.1 Å². The van der Waals surface area contributed by atoms with Gasteiger partial charge >= 0.3 is 0 Å². The van der Waals surface area contributed by atoms with E-state index in [1.807, 2.05) is 30.3 Å². The summed E-state index contributed by atoms with van der Waals surface area (Å²) in [7, 11) is 0. The molecular formula is C18H24Cl6N6. The highest BCUT2D eigenvalue weighted by molar-refractivity contribution is 6.36. The number of benzene rings is 4. The highest BCUT2D eigenvalue weighted by Gasteiger charge is 2.20. The van der Waals surface area contributed by atoms with Crippen molar-refractivity contribution in [2.24, 2.45) is 0 Å². The predicted octanol–water partition coefficient (Wildman–Crippen LogP) is 5.17. The minimum atomic E-state index is 0. The smallest absolute Gasteiger partial charge is 0.0809 e. The normalized spacial score (nSPS) is 9.20. The zero-order chi connectivity index (χ0) is 17.2. The van der Waals surface area contributed by atoms with Crippen LogP contribution in [-0.4, -0.2) is 0 Å². The quantitative estimate of drug-likeness (QED) is 0.134. The Kier molecular flexibility index (Phi) is 12.7. The Morgan fingerprint density at radius 3 is 1.30 bits per heavy atom. The fourth-order valence-electron chi connectivity index (χ4n) is 3.43. The summed E-state index contributed by atoms with van der Waals surface area (Å²) in [5.74, 6) is 0. The average molecular weight is 537 g/mol. The maximum absolute atomic E-state index is 6.31. The maximum Gasteiger partial charge on any atom is 0.0809 e. The van der Waals surface area contributed by atoms with Crippen molar-refractivity contribution in [3.8, 4) is 0 Å². The van der Waals surface area contributed by atoms with Crippen LogP contribution in [-0.2, 0) is 0 Å². The van der Waals surface area contributed by atoms with Gasteiger partial charge in [-0.05, 0) is 22.2 Å². The second-order valence-electron chi connectivity index (χ2n) is 5.94. The van der Waals surface area contributed by atoms with Gasteiger partial charge in [-0.3, -0.25) is 0 Å². The van der Waals surface area contributed by atoms with E-state index in [0.717, 1.165) is 26.9 Å². The maximum atomic E-state index is 6.31. The second kappa shape index (κ2) is 11.6. The molecule has 0 radical (unpaired) electrons. The zero-order valence-corrected chi connectivity index (χ0v) is 20.3. The molecule has 4 aromatic rings. The molecule has 0 aliphatic carbocycles. The Labute approximate surface area is 210 Å². The summed E-state index contributed by atoms with van der Waals surface area (Å²) < 4.78 is 0. The molecule has 168 valence electrons. The Hall–Kier alpha value is -1.80. The molecule has 0 spiro atoms. The summed E-state index contributed by atoms with van der Waals surface area (Å²) in [5.41, 5.74) is 39.3. The number of nitrogens with two attached hydrogens (primary N) is 6. The summed E-state index contributed by atoms with van der Waals surface area (Å²) in [6.07, 6.45) is 0. The van der Waals surface area contributed by atoms with Crippen LogP contribution in [0.1, 0.15) is 0 Å². The number of anilines is 6. The van der Waals surface area contributed by atoms with E-state index >= 15 is 0 Å². The molecule has 0 aliphatic rings. The number of hydrogen-bond donors (Lipinski definition) is 6. The first-order chi connectivity index (χ1) is 11.4. The van der Waals surface area contributed by atoms with E-state index in [2.05, 4.69) is 0 Å². The van der Waals surface area contributed by atoms with E-state index in [9.17, 15) is 0 Å². The Bertz CT molecular complexity index is 1160. The molecule has 4 aromatic carbocycles. The number of nitrogen functional groups attached to an aromatic ring is 6. The largest absolute Gasteiger partial charge is 0.397 e. The van der Waals surface area contributed by atoms with E-state index in [0.29, 0.717) is 28.1 Å². The lowest BCUT2D eigenvalue weighted by molar-refractivity contribution is 1.69. The van der Waals surface area contributed by atoms with Crippen molar-refractivity contribution < 1.29 is 0 Å². The molecule has 12 heteroatoms. The average Bonchev–Trinajstić information content (AvgIpc) is 2.59. The fraction of sp³-hybridized carbons (Fsp3) is 0. The topological polar surface area (TPSA) is 156 Å². The summed E-state index contributed by atoms with van der Waals surface area (Å²) in [5, 5.41) is 5.08. The highest BCUT2D eigenvalue weighted by Crippen LogP contribution is 2.48. The van der Waals surface area contributed by atoms with Gasteiger partial charge in [0.1, 0.15) is 0 Å². The van der Waals surface area contributed by atoms with Crippen LogP contribution < -0.4 is 34.4 Å². The Morgan fingerprint density at radius 2 is 0.767 bits per heavy atom. The van der Waals surface area contributed by atoms with Crippen molar-refractivity contribution in [3.63, 3.8) is 0 Å². The molecule has 0 saturated heterocycles. The van der Waals surface area contributed by atoms with Gasteiger partial charge in [0.2, 0.25) is 0 Å². The molecule has 12 N–H and O–H groups in total. The predicted molar refractivity (Wildman–Crippen MR) is 149 cm³/mol. The summed E-state index contributed by atoms with van der Waals surface area (Å²) in [6.45, 7) is 0. The number of fused-ring (bicyclic) bond motifs is 6. The Balaban J connectivity index is -0.00000121. The summed E-state index contributed by atoms with van der Waals surface area (Å²) in [6, 6.07) is 11.6. The van der Waals surface area contributed by atoms with Gasteiger partial charge < -0.3 is 34.4 Å².